The quantitative estimate of drug-likeness (QED) is 0.222. The van der Waals surface area contributed by atoms with Crippen molar-refractivity contribution in [2.45, 2.75) is 31.8 Å². The number of halogens is 3. The van der Waals surface area contributed by atoms with E-state index in [1.807, 2.05) is 22.6 Å². The molecular formula is C11H18ClFIN3O. The van der Waals surface area contributed by atoms with E-state index in [1.165, 1.54) is 0 Å². The third kappa shape index (κ3) is 5.27. The number of aliphatic hydroxyl groups excluding tert-OH is 1. The normalized spacial score (nSPS) is 26.8. The second kappa shape index (κ2) is 8.16. The zero-order valence-corrected chi connectivity index (χ0v) is 12.9. The van der Waals surface area contributed by atoms with E-state index in [1.54, 1.807) is 0 Å². The van der Waals surface area contributed by atoms with Crippen molar-refractivity contribution in [1.82, 2.24) is 5.32 Å². The lowest BCUT2D eigenvalue weighted by Gasteiger charge is -2.28. The number of hydrogen-bond donors (Lipinski definition) is 3. The Morgan fingerprint density at radius 2 is 2.17 bits per heavy atom. The van der Waals surface area contributed by atoms with Gasteiger partial charge in [0.15, 0.2) is 16.9 Å². The van der Waals surface area contributed by atoms with Gasteiger partial charge in [-0.05, 0) is 24.4 Å². The minimum absolute atomic E-state index is 0.0645. The van der Waals surface area contributed by atoms with Crippen LogP contribution < -0.4 is 11.1 Å². The summed E-state index contributed by atoms with van der Waals surface area (Å²) in [6, 6.07) is 0. The zero-order chi connectivity index (χ0) is 13.5. The van der Waals surface area contributed by atoms with Crippen LogP contribution in [0.2, 0.25) is 0 Å². The number of aliphatic imine (C=N–C) groups is 1. The van der Waals surface area contributed by atoms with E-state index in [0.29, 0.717) is 6.54 Å². The first-order valence-corrected chi connectivity index (χ1v) is 7.81. The molecule has 18 heavy (non-hydrogen) atoms. The highest BCUT2D eigenvalue weighted by Crippen LogP contribution is 2.24. The van der Waals surface area contributed by atoms with Gasteiger partial charge in [-0.1, -0.05) is 35.4 Å². The summed E-state index contributed by atoms with van der Waals surface area (Å²) >= 11 is 7.36. The summed E-state index contributed by atoms with van der Waals surface area (Å²) in [6.45, 7) is 0.480. The van der Waals surface area contributed by atoms with Crippen molar-refractivity contribution < 1.29 is 9.50 Å². The molecule has 1 fully saturated rings. The van der Waals surface area contributed by atoms with Crippen LogP contribution in [-0.2, 0) is 0 Å². The van der Waals surface area contributed by atoms with E-state index < -0.39 is 5.83 Å². The Kier molecular flexibility index (Phi) is 7.25. The molecule has 0 aliphatic heterocycles. The molecule has 0 saturated heterocycles. The van der Waals surface area contributed by atoms with Gasteiger partial charge in [-0.2, -0.15) is 0 Å². The van der Waals surface area contributed by atoms with E-state index in [9.17, 15) is 9.50 Å². The number of nitrogens with one attached hydrogen (secondary N) is 1. The van der Waals surface area contributed by atoms with Crippen LogP contribution in [0.1, 0.15) is 25.7 Å². The molecule has 0 bridgehead atoms. The van der Waals surface area contributed by atoms with Gasteiger partial charge in [0, 0.05) is 12.5 Å². The zero-order valence-electron chi connectivity index (χ0n) is 10.0. The van der Waals surface area contributed by atoms with Gasteiger partial charge in [0.05, 0.1) is 10.5 Å². The van der Waals surface area contributed by atoms with Crippen molar-refractivity contribution in [2.24, 2.45) is 16.6 Å². The topological polar surface area (TPSA) is 70.6 Å². The Bertz CT molecular complexity index is 334. The second-order valence-corrected chi connectivity index (χ2v) is 5.46. The summed E-state index contributed by atoms with van der Waals surface area (Å²) in [5.41, 5.74) is 5.24. The molecule has 0 aromatic rings. The fourth-order valence-corrected chi connectivity index (χ4v) is 2.47. The first-order chi connectivity index (χ1) is 8.54. The van der Waals surface area contributed by atoms with Crippen LogP contribution in [0, 0.1) is 5.92 Å². The molecule has 0 radical (unpaired) electrons. The molecule has 104 valence electrons. The first-order valence-electron chi connectivity index (χ1n) is 5.90. The van der Waals surface area contributed by atoms with Crippen LogP contribution in [0.25, 0.3) is 0 Å². The summed E-state index contributed by atoms with van der Waals surface area (Å²) in [6.07, 6.45) is 3.56. The lowest BCUT2D eigenvalue weighted by atomic mass is 9.86. The SMILES string of the molecule is N/C(Cl)=N\C(NCC1CCCCC1O)=C(\F)CI. The van der Waals surface area contributed by atoms with E-state index in [4.69, 9.17) is 17.3 Å². The molecule has 4 N–H and O–H groups in total. The van der Waals surface area contributed by atoms with Crippen LogP contribution in [0.4, 0.5) is 4.39 Å². The van der Waals surface area contributed by atoms with Crippen molar-refractivity contribution in [2.75, 3.05) is 11.0 Å². The molecule has 0 heterocycles. The molecule has 2 unspecified atom stereocenters. The monoisotopic (exact) mass is 389 g/mol. The van der Waals surface area contributed by atoms with Crippen LogP contribution >= 0.6 is 34.2 Å². The second-order valence-electron chi connectivity index (χ2n) is 4.31. The first kappa shape index (κ1) is 16.0. The maximum atomic E-state index is 13.5. The molecular weight excluding hydrogens is 371 g/mol. The lowest BCUT2D eigenvalue weighted by Crippen LogP contribution is -2.33. The van der Waals surface area contributed by atoms with Crippen LogP contribution in [0.3, 0.4) is 0 Å². The smallest absolute Gasteiger partial charge is 0.195 e. The summed E-state index contributed by atoms with van der Waals surface area (Å²) < 4.78 is 13.7. The van der Waals surface area contributed by atoms with Gasteiger partial charge in [0.2, 0.25) is 0 Å². The summed E-state index contributed by atoms with van der Waals surface area (Å²) in [4.78, 5) is 3.72. The number of rotatable bonds is 5. The van der Waals surface area contributed by atoms with Crippen molar-refractivity contribution in [1.29, 1.82) is 0 Å². The van der Waals surface area contributed by atoms with Gasteiger partial charge >= 0.3 is 0 Å². The Morgan fingerprint density at radius 3 is 2.72 bits per heavy atom. The maximum absolute atomic E-state index is 13.5. The summed E-state index contributed by atoms with van der Waals surface area (Å²) in [5, 5.41) is 12.5. The number of nitrogens with zero attached hydrogens (tertiary/aromatic N) is 1. The lowest BCUT2D eigenvalue weighted by molar-refractivity contribution is 0.0708. The minimum Gasteiger partial charge on any atom is -0.393 e. The molecule has 0 aromatic heterocycles. The third-order valence-corrected chi connectivity index (χ3v) is 3.75. The van der Waals surface area contributed by atoms with E-state index in [2.05, 4.69) is 10.3 Å². The van der Waals surface area contributed by atoms with E-state index in [-0.39, 0.29) is 27.6 Å². The maximum Gasteiger partial charge on any atom is 0.195 e. The fourth-order valence-electron chi connectivity index (χ4n) is 2.02. The molecule has 0 spiro atoms. The Morgan fingerprint density at radius 1 is 1.50 bits per heavy atom. The molecule has 7 heteroatoms. The summed E-state index contributed by atoms with van der Waals surface area (Å²) in [7, 11) is 0. The Hall–Kier alpha value is -0.0800. The highest BCUT2D eigenvalue weighted by molar-refractivity contribution is 14.1. The molecule has 1 rings (SSSR count). The number of alkyl halides is 1. The summed E-state index contributed by atoms with van der Waals surface area (Å²) in [5.74, 6) is -0.207. The van der Waals surface area contributed by atoms with E-state index in [0.717, 1.165) is 25.7 Å². The van der Waals surface area contributed by atoms with Crippen molar-refractivity contribution in [3.63, 3.8) is 0 Å². The predicted octanol–water partition coefficient (Wildman–Crippen LogP) is 2.25. The van der Waals surface area contributed by atoms with Gasteiger partial charge in [-0.15, -0.1) is 0 Å². The Labute approximate surface area is 125 Å². The van der Waals surface area contributed by atoms with Crippen LogP contribution in [0.5, 0.6) is 0 Å². The Balaban J connectivity index is 2.59. The van der Waals surface area contributed by atoms with Gasteiger partial charge in [0.25, 0.3) is 0 Å². The molecule has 1 saturated carbocycles. The minimum atomic E-state index is -0.399. The predicted molar refractivity (Wildman–Crippen MR) is 80.5 cm³/mol. The highest BCUT2D eigenvalue weighted by atomic mass is 127. The van der Waals surface area contributed by atoms with Gasteiger partial charge in [0.1, 0.15) is 0 Å². The largest absolute Gasteiger partial charge is 0.393 e. The van der Waals surface area contributed by atoms with Crippen molar-refractivity contribution in [3.05, 3.63) is 11.6 Å². The van der Waals surface area contributed by atoms with E-state index >= 15 is 0 Å². The average Bonchev–Trinajstić information content (AvgIpc) is 2.34. The molecule has 1 aliphatic rings. The third-order valence-electron chi connectivity index (χ3n) is 2.99. The fraction of sp³-hybridized carbons (Fsp3) is 0.727. The van der Waals surface area contributed by atoms with Crippen molar-refractivity contribution >= 4 is 39.5 Å². The van der Waals surface area contributed by atoms with Gasteiger partial charge in [-0.3, -0.25) is 0 Å². The van der Waals surface area contributed by atoms with Gasteiger partial charge in [-0.25, -0.2) is 9.38 Å². The molecule has 2 atom stereocenters. The number of hydrogen-bond acceptors (Lipinski definition) is 3. The number of amidine groups is 1. The number of allylic oxidation sites excluding steroid dienone is 1. The molecule has 1 aliphatic carbocycles. The number of nitrogens with two attached hydrogens (primary N) is 1. The molecule has 4 nitrogen and oxygen atoms in total. The number of aliphatic hydroxyl groups is 1. The standard InChI is InChI=1S/C11H18ClFIN3O/c12-11(15)17-10(8(13)5-14)16-6-7-3-1-2-4-9(7)18/h7,9,16,18H,1-6H2,(H2,15,17)/b10-8+. The molecule has 0 amide bonds. The average molecular weight is 390 g/mol. The van der Waals surface area contributed by atoms with Crippen LogP contribution in [-0.4, -0.2) is 27.5 Å². The van der Waals surface area contributed by atoms with Crippen LogP contribution in [0.15, 0.2) is 16.6 Å². The molecule has 0 aromatic carbocycles. The van der Waals surface area contributed by atoms with Gasteiger partial charge < -0.3 is 16.2 Å². The highest BCUT2D eigenvalue weighted by Gasteiger charge is 2.23. The van der Waals surface area contributed by atoms with Crippen molar-refractivity contribution in [3.8, 4) is 0 Å².